The SMILES string of the molecule is Cc1ccc(NC(=O)NC(C)CC(C)O)cc1Cl. The second-order valence-electron chi connectivity index (χ2n) is 4.55. The van der Waals surface area contributed by atoms with E-state index in [1.54, 1.807) is 19.1 Å². The highest BCUT2D eigenvalue weighted by Gasteiger charge is 2.10. The molecule has 2 amide bonds. The summed E-state index contributed by atoms with van der Waals surface area (Å²) in [5, 5.41) is 15.3. The van der Waals surface area contributed by atoms with Gasteiger partial charge in [0.05, 0.1) is 6.10 Å². The van der Waals surface area contributed by atoms with Crippen LogP contribution in [0.5, 0.6) is 0 Å². The Balaban J connectivity index is 2.51. The molecule has 0 bridgehead atoms. The maximum atomic E-state index is 11.7. The number of halogens is 1. The summed E-state index contributed by atoms with van der Waals surface area (Å²) in [5.74, 6) is 0. The summed E-state index contributed by atoms with van der Waals surface area (Å²) in [6, 6.07) is 4.95. The molecule has 0 aliphatic heterocycles. The van der Waals surface area contributed by atoms with Crippen molar-refractivity contribution in [3.8, 4) is 0 Å². The van der Waals surface area contributed by atoms with Gasteiger partial charge in [-0.2, -0.15) is 0 Å². The minimum Gasteiger partial charge on any atom is -0.393 e. The van der Waals surface area contributed by atoms with Crippen LogP contribution < -0.4 is 10.6 Å². The van der Waals surface area contributed by atoms with Gasteiger partial charge in [0.2, 0.25) is 0 Å². The van der Waals surface area contributed by atoms with Crippen molar-refractivity contribution >= 4 is 23.3 Å². The standard InChI is InChI=1S/C13H19ClN2O2/c1-8-4-5-11(7-12(8)14)16-13(18)15-9(2)6-10(3)17/h4-5,7,9-10,17H,6H2,1-3H3,(H2,15,16,18). The topological polar surface area (TPSA) is 61.4 Å². The monoisotopic (exact) mass is 270 g/mol. The van der Waals surface area contributed by atoms with Crippen molar-refractivity contribution in [2.24, 2.45) is 0 Å². The fraction of sp³-hybridized carbons (Fsp3) is 0.462. The second-order valence-corrected chi connectivity index (χ2v) is 4.96. The molecule has 0 fully saturated rings. The van der Waals surface area contributed by atoms with Gasteiger partial charge in [0.1, 0.15) is 0 Å². The van der Waals surface area contributed by atoms with Crippen molar-refractivity contribution in [3.05, 3.63) is 28.8 Å². The number of nitrogens with one attached hydrogen (secondary N) is 2. The van der Waals surface area contributed by atoms with Gasteiger partial charge in [-0.3, -0.25) is 0 Å². The lowest BCUT2D eigenvalue weighted by Gasteiger charge is -2.16. The fourth-order valence-electron chi connectivity index (χ4n) is 1.63. The van der Waals surface area contributed by atoms with Gasteiger partial charge in [-0.25, -0.2) is 4.79 Å². The summed E-state index contributed by atoms with van der Waals surface area (Å²) in [6.07, 6.45) is 0.0799. The van der Waals surface area contributed by atoms with E-state index >= 15 is 0 Å². The maximum Gasteiger partial charge on any atom is 0.319 e. The van der Waals surface area contributed by atoms with Crippen LogP contribution in [0, 0.1) is 6.92 Å². The molecule has 1 aromatic carbocycles. The van der Waals surface area contributed by atoms with E-state index in [-0.39, 0.29) is 12.1 Å². The molecule has 18 heavy (non-hydrogen) atoms. The predicted octanol–water partition coefficient (Wildman–Crippen LogP) is 2.93. The number of carbonyl (C=O) groups is 1. The van der Waals surface area contributed by atoms with Crippen LogP contribution in [0.15, 0.2) is 18.2 Å². The van der Waals surface area contributed by atoms with Crippen molar-refractivity contribution in [3.63, 3.8) is 0 Å². The van der Waals surface area contributed by atoms with Gasteiger partial charge in [0.25, 0.3) is 0 Å². The molecule has 5 heteroatoms. The van der Waals surface area contributed by atoms with Gasteiger partial charge in [0, 0.05) is 16.8 Å². The number of hydrogen-bond donors (Lipinski definition) is 3. The van der Waals surface area contributed by atoms with E-state index in [1.807, 2.05) is 19.9 Å². The Morgan fingerprint density at radius 2 is 2.11 bits per heavy atom. The van der Waals surface area contributed by atoms with E-state index in [0.29, 0.717) is 17.1 Å². The quantitative estimate of drug-likeness (QED) is 0.788. The van der Waals surface area contributed by atoms with Gasteiger partial charge >= 0.3 is 6.03 Å². The van der Waals surface area contributed by atoms with E-state index in [9.17, 15) is 9.90 Å². The molecular formula is C13H19ClN2O2. The maximum absolute atomic E-state index is 11.7. The van der Waals surface area contributed by atoms with Gasteiger partial charge in [-0.1, -0.05) is 17.7 Å². The van der Waals surface area contributed by atoms with Gasteiger partial charge in [-0.15, -0.1) is 0 Å². The number of benzene rings is 1. The summed E-state index contributed by atoms with van der Waals surface area (Å²) >= 11 is 5.97. The summed E-state index contributed by atoms with van der Waals surface area (Å²) < 4.78 is 0. The highest BCUT2D eigenvalue weighted by Crippen LogP contribution is 2.19. The van der Waals surface area contributed by atoms with Crippen LogP contribution in [0.3, 0.4) is 0 Å². The fourth-order valence-corrected chi connectivity index (χ4v) is 1.81. The van der Waals surface area contributed by atoms with Crippen molar-refractivity contribution in [1.29, 1.82) is 0 Å². The molecule has 0 aromatic heterocycles. The zero-order valence-electron chi connectivity index (χ0n) is 10.8. The highest BCUT2D eigenvalue weighted by atomic mass is 35.5. The van der Waals surface area contributed by atoms with Crippen molar-refractivity contribution in [2.75, 3.05) is 5.32 Å². The third kappa shape index (κ3) is 4.94. The Bertz CT molecular complexity index is 421. The zero-order valence-corrected chi connectivity index (χ0v) is 11.6. The lowest BCUT2D eigenvalue weighted by atomic mass is 10.1. The van der Waals surface area contributed by atoms with Crippen LogP contribution in [0.4, 0.5) is 10.5 Å². The number of carbonyl (C=O) groups excluding carboxylic acids is 1. The molecule has 0 aliphatic rings. The Labute approximate surface area is 112 Å². The first-order valence-corrected chi connectivity index (χ1v) is 6.28. The third-order valence-electron chi connectivity index (χ3n) is 2.50. The molecule has 0 heterocycles. The smallest absolute Gasteiger partial charge is 0.319 e. The molecule has 0 spiro atoms. The van der Waals surface area contributed by atoms with Crippen molar-refractivity contribution < 1.29 is 9.90 Å². The molecule has 3 N–H and O–H groups in total. The zero-order chi connectivity index (χ0) is 13.7. The molecule has 1 aromatic rings. The second kappa shape index (κ2) is 6.61. The average Bonchev–Trinajstić information content (AvgIpc) is 2.21. The number of amides is 2. The van der Waals surface area contributed by atoms with Crippen LogP contribution in [-0.2, 0) is 0 Å². The molecule has 0 saturated carbocycles. The average molecular weight is 271 g/mol. The number of aryl methyl sites for hydroxylation is 1. The molecule has 0 aliphatic carbocycles. The number of aliphatic hydroxyl groups excluding tert-OH is 1. The lowest BCUT2D eigenvalue weighted by Crippen LogP contribution is -2.37. The van der Waals surface area contributed by atoms with Crippen LogP contribution in [0.1, 0.15) is 25.8 Å². The third-order valence-corrected chi connectivity index (χ3v) is 2.91. The Morgan fingerprint density at radius 3 is 2.67 bits per heavy atom. The Hall–Kier alpha value is -1.26. The van der Waals surface area contributed by atoms with Gasteiger partial charge < -0.3 is 15.7 Å². The molecule has 2 unspecified atom stereocenters. The first-order chi connectivity index (χ1) is 8.38. The first kappa shape index (κ1) is 14.8. The number of urea groups is 1. The summed E-state index contributed by atoms with van der Waals surface area (Å²) in [6.45, 7) is 5.43. The summed E-state index contributed by atoms with van der Waals surface area (Å²) in [7, 11) is 0. The Morgan fingerprint density at radius 1 is 1.44 bits per heavy atom. The highest BCUT2D eigenvalue weighted by molar-refractivity contribution is 6.31. The van der Waals surface area contributed by atoms with Crippen molar-refractivity contribution in [2.45, 2.75) is 39.3 Å². The number of hydrogen-bond acceptors (Lipinski definition) is 2. The first-order valence-electron chi connectivity index (χ1n) is 5.90. The lowest BCUT2D eigenvalue weighted by molar-refractivity contribution is 0.171. The predicted molar refractivity (Wildman–Crippen MR) is 74.1 cm³/mol. The number of anilines is 1. The van der Waals surface area contributed by atoms with Crippen LogP contribution >= 0.6 is 11.6 Å². The number of rotatable bonds is 4. The minimum absolute atomic E-state index is 0.0917. The van der Waals surface area contributed by atoms with E-state index < -0.39 is 6.10 Å². The van der Waals surface area contributed by atoms with Crippen LogP contribution in [-0.4, -0.2) is 23.3 Å². The van der Waals surface area contributed by atoms with E-state index in [2.05, 4.69) is 10.6 Å². The molecule has 0 saturated heterocycles. The Kier molecular flexibility index (Phi) is 5.44. The van der Waals surface area contributed by atoms with Gasteiger partial charge in [-0.05, 0) is 44.9 Å². The molecule has 0 radical (unpaired) electrons. The van der Waals surface area contributed by atoms with Crippen molar-refractivity contribution in [1.82, 2.24) is 5.32 Å². The molecule has 1 rings (SSSR count). The van der Waals surface area contributed by atoms with Crippen LogP contribution in [0.2, 0.25) is 5.02 Å². The summed E-state index contributed by atoms with van der Waals surface area (Å²) in [4.78, 5) is 11.7. The normalized spacial score (nSPS) is 13.8. The largest absolute Gasteiger partial charge is 0.393 e. The summed E-state index contributed by atoms with van der Waals surface area (Å²) in [5.41, 5.74) is 1.61. The molecule has 2 atom stereocenters. The van der Waals surface area contributed by atoms with E-state index in [4.69, 9.17) is 11.6 Å². The van der Waals surface area contributed by atoms with Gasteiger partial charge in [0.15, 0.2) is 0 Å². The molecule has 100 valence electrons. The molecular weight excluding hydrogens is 252 g/mol. The molecule has 4 nitrogen and oxygen atoms in total. The minimum atomic E-state index is -0.436. The van der Waals surface area contributed by atoms with E-state index in [1.165, 1.54) is 0 Å². The van der Waals surface area contributed by atoms with E-state index in [0.717, 1.165) is 5.56 Å². The van der Waals surface area contributed by atoms with Crippen LogP contribution in [0.25, 0.3) is 0 Å². The number of aliphatic hydroxyl groups is 1.